The largest absolute Gasteiger partial charge is 0.270 e. The van der Waals surface area contributed by atoms with E-state index in [1.165, 1.54) is 16.8 Å². The minimum absolute atomic E-state index is 0.395. The Balaban J connectivity index is 2.05. The molecule has 1 atom stereocenters. The number of aromatic nitrogens is 2. The zero-order valence-corrected chi connectivity index (χ0v) is 12.8. The number of nitriles is 1. The van der Waals surface area contributed by atoms with Crippen LogP contribution in [0.5, 0.6) is 0 Å². The molecule has 3 nitrogen and oxygen atoms in total. The Hall–Kier alpha value is -2.08. The number of hydrogen-bond donors (Lipinski definition) is 0. The molecule has 0 bridgehead atoms. The predicted octanol–water partition coefficient (Wildman–Crippen LogP) is 3.55. The van der Waals surface area contributed by atoms with Crippen molar-refractivity contribution in [2.75, 3.05) is 0 Å². The van der Waals surface area contributed by atoms with E-state index in [-0.39, 0.29) is 0 Å². The lowest BCUT2D eigenvalue weighted by atomic mass is 9.68. The highest BCUT2D eigenvalue weighted by Crippen LogP contribution is 2.39. The van der Waals surface area contributed by atoms with Gasteiger partial charge in [0.2, 0.25) is 0 Å². The van der Waals surface area contributed by atoms with Crippen LogP contribution in [-0.4, -0.2) is 9.78 Å². The zero-order chi connectivity index (χ0) is 14.9. The standard InChI is InChI=1S/C18H21N3/c1-3-21-16(11-14(2)20-21)12-18(13-19)10-6-8-15-7-4-5-9-17(15)18/h4-5,7,9,11H,3,6,8,10,12H2,1-2H3. The summed E-state index contributed by atoms with van der Waals surface area (Å²) in [5, 5.41) is 14.5. The van der Waals surface area contributed by atoms with Gasteiger partial charge in [-0.15, -0.1) is 0 Å². The third-order valence-corrected chi connectivity index (χ3v) is 4.56. The maximum absolute atomic E-state index is 9.94. The SMILES string of the molecule is CCn1nc(C)cc1CC1(C#N)CCCc2ccccc21. The Labute approximate surface area is 126 Å². The second-order valence-corrected chi connectivity index (χ2v) is 5.97. The zero-order valence-electron chi connectivity index (χ0n) is 12.8. The molecule has 0 saturated heterocycles. The van der Waals surface area contributed by atoms with Crippen molar-refractivity contribution in [1.29, 1.82) is 5.26 Å². The van der Waals surface area contributed by atoms with Crippen LogP contribution in [0.4, 0.5) is 0 Å². The molecule has 1 aromatic heterocycles. The van der Waals surface area contributed by atoms with Gasteiger partial charge in [0.15, 0.2) is 0 Å². The first kappa shape index (κ1) is 13.9. The van der Waals surface area contributed by atoms with Crippen molar-refractivity contribution in [3.8, 4) is 6.07 Å². The number of rotatable bonds is 3. The minimum Gasteiger partial charge on any atom is -0.270 e. The van der Waals surface area contributed by atoms with Crippen molar-refractivity contribution in [3.05, 3.63) is 52.8 Å². The second-order valence-electron chi connectivity index (χ2n) is 5.97. The molecule has 2 aromatic rings. The highest BCUT2D eigenvalue weighted by atomic mass is 15.3. The van der Waals surface area contributed by atoms with E-state index in [9.17, 15) is 5.26 Å². The van der Waals surface area contributed by atoms with Crippen LogP contribution in [0.1, 0.15) is 42.3 Å². The molecule has 0 radical (unpaired) electrons. The first-order valence-corrected chi connectivity index (χ1v) is 7.71. The molecule has 1 aromatic carbocycles. The van der Waals surface area contributed by atoms with Gasteiger partial charge in [0.25, 0.3) is 0 Å². The fraction of sp³-hybridized carbons (Fsp3) is 0.444. The summed E-state index contributed by atoms with van der Waals surface area (Å²) < 4.78 is 2.03. The van der Waals surface area contributed by atoms with Gasteiger partial charge < -0.3 is 0 Å². The maximum Gasteiger partial charge on any atom is 0.0880 e. The summed E-state index contributed by atoms with van der Waals surface area (Å²) in [5.41, 5.74) is 4.37. The van der Waals surface area contributed by atoms with Crippen molar-refractivity contribution in [2.24, 2.45) is 0 Å². The van der Waals surface area contributed by atoms with E-state index in [0.29, 0.717) is 0 Å². The Bertz CT molecular complexity index is 693. The number of aryl methyl sites for hydroxylation is 3. The normalized spacial score (nSPS) is 20.8. The van der Waals surface area contributed by atoms with E-state index < -0.39 is 5.41 Å². The van der Waals surface area contributed by atoms with Crippen LogP contribution in [0.2, 0.25) is 0 Å². The fourth-order valence-electron chi connectivity index (χ4n) is 3.58. The van der Waals surface area contributed by atoms with Gasteiger partial charge in [0.05, 0.1) is 17.2 Å². The van der Waals surface area contributed by atoms with E-state index in [1.54, 1.807) is 0 Å². The van der Waals surface area contributed by atoms with E-state index in [2.05, 4.69) is 48.4 Å². The van der Waals surface area contributed by atoms with Gasteiger partial charge >= 0.3 is 0 Å². The van der Waals surface area contributed by atoms with Crippen molar-refractivity contribution in [2.45, 2.75) is 51.5 Å². The summed E-state index contributed by atoms with van der Waals surface area (Å²) in [6.07, 6.45) is 3.87. The molecule has 3 heteroatoms. The second kappa shape index (κ2) is 5.37. The molecule has 21 heavy (non-hydrogen) atoms. The van der Waals surface area contributed by atoms with Gasteiger partial charge in [-0.2, -0.15) is 10.4 Å². The molecule has 0 aliphatic heterocycles. The number of fused-ring (bicyclic) bond motifs is 1. The van der Waals surface area contributed by atoms with Crippen LogP contribution in [0.25, 0.3) is 0 Å². The Morgan fingerprint density at radius 2 is 2.19 bits per heavy atom. The highest BCUT2D eigenvalue weighted by molar-refractivity contribution is 5.43. The lowest BCUT2D eigenvalue weighted by Crippen LogP contribution is -2.32. The van der Waals surface area contributed by atoms with Crippen LogP contribution in [0, 0.1) is 18.3 Å². The predicted molar refractivity (Wildman–Crippen MR) is 83.0 cm³/mol. The van der Waals surface area contributed by atoms with Gasteiger partial charge in [0, 0.05) is 18.7 Å². The lowest BCUT2D eigenvalue weighted by molar-refractivity contribution is 0.433. The van der Waals surface area contributed by atoms with Crippen LogP contribution >= 0.6 is 0 Å². The summed E-state index contributed by atoms with van der Waals surface area (Å²) in [5.74, 6) is 0. The van der Waals surface area contributed by atoms with E-state index in [1.807, 2.05) is 11.6 Å². The van der Waals surface area contributed by atoms with Gasteiger partial charge in [-0.3, -0.25) is 4.68 Å². The lowest BCUT2D eigenvalue weighted by Gasteiger charge is -2.33. The first-order valence-electron chi connectivity index (χ1n) is 7.71. The van der Waals surface area contributed by atoms with Gasteiger partial charge in [0.1, 0.15) is 0 Å². The maximum atomic E-state index is 9.94. The van der Waals surface area contributed by atoms with Gasteiger partial charge in [-0.05, 0) is 50.3 Å². The molecule has 0 spiro atoms. The average Bonchev–Trinajstić information content (AvgIpc) is 2.87. The molecular formula is C18H21N3. The summed E-state index contributed by atoms with van der Waals surface area (Å²) >= 11 is 0. The average molecular weight is 279 g/mol. The Kier molecular flexibility index (Phi) is 3.55. The molecule has 0 N–H and O–H groups in total. The van der Waals surface area contributed by atoms with Gasteiger partial charge in [-0.25, -0.2) is 0 Å². The van der Waals surface area contributed by atoms with Gasteiger partial charge in [-0.1, -0.05) is 24.3 Å². The van der Waals surface area contributed by atoms with E-state index in [0.717, 1.165) is 37.9 Å². The van der Waals surface area contributed by atoms with E-state index in [4.69, 9.17) is 0 Å². The topological polar surface area (TPSA) is 41.6 Å². The monoisotopic (exact) mass is 279 g/mol. The molecule has 0 fully saturated rings. The molecule has 1 unspecified atom stereocenters. The van der Waals surface area contributed by atoms with Crippen LogP contribution in [0.3, 0.4) is 0 Å². The first-order chi connectivity index (χ1) is 10.2. The Morgan fingerprint density at radius 3 is 2.95 bits per heavy atom. The smallest absolute Gasteiger partial charge is 0.0880 e. The molecule has 1 heterocycles. The molecule has 3 rings (SSSR count). The fourth-order valence-corrected chi connectivity index (χ4v) is 3.58. The quantitative estimate of drug-likeness (QED) is 0.862. The van der Waals surface area contributed by atoms with E-state index >= 15 is 0 Å². The number of nitrogens with zero attached hydrogens (tertiary/aromatic N) is 3. The van der Waals surface area contributed by atoms with Crippen molar-refractivity contribution < 1.29 is 0 Å². The molecule has 108 valence electrons. The molecule has 1 aliphatic carbocycles. The summed E-state index contributed by atoms with van der Waals surface area (Å²) in [6, 6.07) is 13.2. The summed E-state index contributed by atoms with van der Waals surface area (Å²) in [7, 11) is 0. The van der Waals surface area contributed by atoms with Crippen LogP contribution < -0.4 is 0 Å². The molecule has 1 aliphatic rings. The van der Waals surface area contributed by atoms with Crippen LogP contribution in [-0.2, 0) is 24.8 Å². The third kappa shape index (κ3) is 2.35. The Morgan fingerprint density at radius 1 is 1.38 bits per heavy atom. The molecular weight excluding hydrogens is 258 g/mol. The van der Waals surface area contributed by atoms with Crippen molar-refractivity contribution in [3.63, 3.8) is 0 Å². The minimum atomic E-state index is -0.395. The highest BCUT2D eigenvalue weighted by Gasteiger charge is 2.37. The summed E-state index contributed by atoms with van der Waals surface area (Å²) in [6.45, 7) is 4.97. The van der Waals surface area contributed by atoms with Crippen molar-refractivity contribution >= 4 is 0 Å². The van der Waals surface area contributed by atoms with Crippen molar-refractivity contribution in [1.82, 2.24) is 9.78 Å². The molecule has 0 amide bonds. The number of hydrogen-bond acceptors (Lipinski definition) is 2. The third-order valence-electron chi connectivity index (χ3n) is 4.56. The summed E-state index contributed by atoms with van der Waals surface area (Å²) in [4.78, 5) is 0. The van der Waals surface area contributed by atoms with Crippen LogP contribution in [0.15, 0.2) is 30.3 Å². The molecule has 0 saturated carbocycles. The number of benzene rings is 1.